The number of amides is 4. The van der Waals surface area contributed by atoms with Crippen molar-refractivity contribution in [3.63, 3.8) is 0 Å². The molecule has 1 aromatic carbocycles. The van der Waals surface area contributed by atoms with E-state index in [1.807, 2.05) is 18.2 Å². The smallest absolute Gasteiger partial charge is 0.273 e. The highest BCUT2D eigenvalue weighted by molar-refractivity contribution is 6.19. The second kappa shape index (κ2) is 4.56. The van der Waals surface area contributed by atoms with E-state index < -0.39 is 23.3 Å². The topological polar surface area (TPSA) is 57.7 Å². The van der Waals surface area contributed by atoms with E-state index in [9.17, 15) is 14.4 Å². The summed E-state index contributed by atoms with van der Waals surface area (Å²) >= 11 is 5.83. The van der Waals surface area contributed by atoms with Crippen LogP contribution in [0.3, 0.4) is 0 Å². The maximum atomic E-state index is 12.6. The number of carbonyl (C=O) groups excluding carboxylic acids is 3. The van der Waals surface area contributed by atoms with Gasteiger partial charge in [-0.15, -0.1) is 11.6 Å². The Hall–Kier alpha value is -1.88. The largest absolute Gasteiger partial charge is 0.332 e. The number of alkyl halides is 1. The van der Waals surface area contributed by atoms with Crippen molar-refractivity contribution in [3.05, 3.63) is 34.9 Å². The number of hydrogen-bond donors (Lipinski definition) is 0. The lowest BCUT2D eigenvalue weighted by atomic mass is 9.80. The Balaban J connectivity index is 2.05. The summed E-state index contributed by atoms with van der Waals surface area (Å²) in [6.07, 6.45) is 0.664. The number of hydrogen-bond acceptors (Lipinski definition) is 3. The Labute approximate surface area is 127 Å². The van der Waals surface area contributed by atoms with E-state index in [0.29, 0.717) is 18.7 Å². The first-order valence-corrected chi connectivity index (χ1v) is 7.21. The number of halogens is 1. The zero-order chi connectivity index (χ0) is 15.4. The zero-order valence-electron chi connectivity index (χ0n) is 11.9. The van der Waals surface area contributed by atoms with Gasteiger partial charge in [-0.25, -0.2) is 4.79 Å². The fraction of sp³-hybridized carbons (Fsp3) is 0.400. The van der Waals surface area contributed by atoms with E-state index in [0.717, 1.165) is 26.5 Å². The number of nitrogens with zero attached hydrogens (tertiary/aromatic N) is 2. The van der Waals surface area contributed by atoms with Crippen LogP contribution in [-0.4, -0.2) is 41.7 Å². The molecule has 21 heavy (non-hydrogen) atoms. The van der Waals surface area contributed by atoms with Crippen LogP contribution in [0, 0.1) is 5.41 Å². The molecule has 6 heteroatoms. The molecule has 110 valence electrons. The molecule has 0 saturated carbocycles. The van der Waals surface area contributed by atoms with Crippen molar-refractivity contribution in [1.82, 2.24) is 9.80 Å². The van der Waals surface area contributed by atoms with Crippen molar-refractivity contribution in [2.75, 3.05) is 14.1 Å². The standard InChI is InChI=1S/C15H15ClN2O3/c1-17-12(19)15(13(20)18(2)14(17)21)6-10-4-3-9(8-16)5-11(10)7-15/h3-5H,6-8H2,1-2H3. The highest BCUT2D eigenvalue weighted by atomic mass is 35.5. The van der Waals surface area contributed by atoms with E-state index in [1.165, 1.54) is 14.1 Å². The van der Waals surface area contributed by atoms with Gasteiger partial charge in [0.15, 0.2) is 0 Å². The Morgan fingerprint density at radius 3 is 2.19 bits per heavy atom. The molecule has 0 N–H and O–H groups in total. The molecule has 0 bridgehead atoms. The first-order chi connectivity index (χ1) is 9.90. The van der Waals surface area contributed by atoms with Crippen LogP contribution in [0.1, 0.15) is 16.7 Å². The third-order valence-corrected chi connectivity index (χ3v) is 4.72. The molecule has 1 heterocycles. The van der Waals surface area contributed by atoms with Crippen LogP contribution in [0.25, 0.3) is 0 Å². The Kier molecular flexibility index (Phi) is 3.06. The predicted octanol–water partition coefficient (Wildman–Crippen LogP) is 1.56. The number of rotatable bonds is 1. The molecule has 3 rings (SSSR count). The fourth-order valence-electron chi connectivity index (χ4n) is 3.25. The minimum atomic E-state index is -1.18. The van der Waals surface area contributed by atoms with E-state index in [-0.39, 0.29) is 0 Å². The van der Waals surface area contributed by atoms with E-state index in [4.69, 9.17) is 11.6 Å². The maximum absolute atomic E-state index is 12.6. The van der Waals surface area contributed by atoms with Gasteiger partial charge >= 0.3 is 6.03 Å². The minimum absolute atomic E-state index is 0.326. The van der Waals surface area contributed by atoms with Crippen molar-refractivity contribution in [2.45, 2.75) is 18.7 Å². The molecule has 1 fully saturated rings. The van der Waals surface area contributed by atoms with Gasteiger partial charge in [-0.2, -0.15) is 0 Å². The zero-order valence-corrected chi connectivity index (χ0v) is 12.6. The molecular formula is C15H15ClN2O3. The van der Waals surface area contributed by atoms with Gasteiger partial charge in [-0.1, -0.05) is 18.2 Å². The van der Waals surface area contributed by atoms with Crippen LogP contribution in [0.15, 0.2) is 18.2 Å². The summed E-state index contributed by atoms with van der Waals surface area (Å²) in [7, 11) is 2.84. The Morgan fingerprint density at radius 1 is 1.05 bits per heavy atom. The number of carbonyl (C=O) groups is 3. The second-order valence-corrected chi connectivity index (χ2v) is 5.95. The number of fused-ring (bicyclic) bond motifs is 1. The summed E-state index contributed by atoms with van der Waals surface area (Å²) in [5.41, 5.74) is 1.72. The highest BCUT2D eigenvalue weighted by Gasteiger charge is 2.57. The lowest BCUT2D eigenvalue weighted by Gasteiger charge is -2.39. The average Bonchev–Trinajstić information content (AvgIpc) is 2.89. The van der Waals surface area contributed by atoms with Gasteiger partial charge in [-0.3, -0.25) is 19.4 Å². The van der Waals surface area contributed by atoms with Gasteiger partial charge < -0.3 is 0 Å². The minimum Gasteiger partial charge on any atom is -0.273 e. The van der Waals surface area contributed by atoms with Crippen molar-refractivity contribution >= 4 is 29.4 Å². The van der Waals surface area contributed by atoms with Crippen molar-refractivity contribution < 1.29 is 14.4 Å². The molecule has 0 unspecified atom stereocenters. The van der Waals surface area contributed by atoms with Crippen LogP contribution in [0.5, 0.6) is 0 Å². The first-order valence-electron chi connectivity index (χ1n) is 6.67. The van der Waals surface area contributed by atoms with Crippen LogP contribution < -0.4 is 0 Å². The Morgan fingerprint density at radius 2 is 1.62 bits per heavy atom. The SMILES string of the molecule is CN1C(=O)N(C)C(=O)C2(Cc3ccc(CCl)cc3C2)C1=O. The lowest BCUT2D eigenvalue weighted by molar-refractivity contribution is -0.156. The molecule has 0 atom stereocenters. The van der Waals surface area contributed by atoms with E-state index in [2.05, 4.69) is 0 Å². The van der Waals surface area contributed by atoms with E-state index >= 15 is 0 Å². The number of imide groups is 2. The summed E-state index contributed by atoms with van der Waals surface area (Å²) in [6.45, 7) is 0. The van der Waals surface area contributed by atoms with Crippen LogP contribution in [0.2, 0.25) is 0 Å². The molecule has 1 aliphatic heterocycles. The molecule has 1 aliphatic carbocycles. The predicted molar refractivity (Wildman–Crippen MR) is 76.8 cm³/mol. The van der Waals surface area contributed by atoms with Crippen molar-refractivity contribution in [3.8, 4) is 0 Å². The Bertz CT molecular complexity index is 647. The molecule has 1 aromatic rings. The molecule has 4 amide bonds. The maximum Gasteiger partial charge on any atom is 0.332 e. The second-order valence-electron chi connectivity index (χ2n) is 5.68. The molecule has 5 nitrogen and oxygen atoms in total. The molecule has 1 saturated heterocycles. The lowest BCUT2D eigenvalue weighted by Crippen LogP contribution is -2.63. The third kappa shape index (κ3) is 1.80. The quantitative estimate of drug-likeness (QED) is 0.584. The average molecular weight is 307 g/mol. The summed E-state index contributed by atoms with van der Waals surface area (Å²) in [5, 5.41) is 0. The number of barbiturate groups is 1. The van der Waals surface area contributed by atoms with Gasteiger partial charge in [0.2, 0.25) is 11.8 Å². The highest BCUT2D eigenvalue weighted by Crippen LogP contribution is 2.42. The van der Waals surface area contributed by atoms with Crippen molar-refractivity contribution in [1.29, 1.82) is 0 Å². The van der Waals surface area contributed by atoms with Gasteiger partial charge in [-0.05, 0) is 29.5 Å². The first kappa shape index (κ1) is 14.1. The van der Waals surface area contributed by atoms with Gasteiger partial charge in [0.05, 0.1) is 0 Å². The molecule has 0 radical (unpaired) electrons. The molecule has 0 aromatic heterocycles. The third-order valence-electron chi connectivity index (χ3n) is 4.41. The normalized spacial score (nSPS) is 20.4. The number of urea groups is 1. The fourth-order valence-corrected chi connectivity index (χ4v) is 3.41. The molecule has 1 spiro atoms. The van der Waals surface area contributed by atoms with Gasteiger partial charge in [0.1, 0.15) is 5.41 Å². The summed E-state index contributed by atoms with van der Waals surface area (Å²) < 4.78 is 0. The van der Waals surface area contributed by atoms with Crippen molar-refractivity contribution in [2.24, 2.45) is 5.41 Å². The summed E-state index contributed by atoms with van der Waals surface area (Å²) in [6, 6.07) is 5.18. The molecular weight excluding hydrogens is 292 g/mol. The van der Waals surface area contributed by atoms with Crippen LogP contribution in [-0.2, 0) is 28.3 Å². The number of benzene rings is 1. The van der Waals surface area contributed by atoms with Crippen LogP contribution in [0.4, 0.5) is 4.79 Å². The molecule has 2 aliphatic rings. The summed E-state index contributed by atoms with van der Waals surface area (Å²) in [4.78, 5) is 39.1. The van der Waals surface area contributed by atoms with Crippen LogP contribution >= 0.6 is 11.6 Å². The van der Waals surface area contributed by atoms with Gasteiger partial charge in [0, 0.05) is 20.0 Å². The summed E-state index contributed by atoms with van der Waals surface area (Å²) in [5.74, 6) is -0.445. The van der Waals surface area contributed by atoms with E-state index in [1.54, 1.807) is 0 Å². The monoisotopic (exact) mass is 306 g/mol. The van der Waals surface area contributed by atoms with Gasteiger partial charge in [0.25, 0.3) is 0 Å².